The smallest absolute Gasteiger partial charge is 0.118 e. The third kappa shape index (κ3) is 2.55. The summed E-state index contributed by atoms with van der Waals surface area (Å²) in [6.45, 7) is 6.71. The molecule has 0 nitrogen and oxygen atoms in total. The molecule has 1 aliphatic rings. The third-order valence-electron chi connectivity index (χ3n) is 3.90. The fourth-order valence-electron chi connectivity index (χ4n) is 3.14. The fraction of sp³-hybridized carbons (Fsp3) is 0.412. The molecule has 0 spiro atoms. The molecule has 1 heteroatoms. The highest BCUT2D eigenvalue weighted by Gasteiger charge is 2.35. The van der Waals surface area contributed by atoms with Crippen LogP contribution in [0.2, 0.25) is 0 Å². The van der Waals surface area contributed by atoms with Crippen LogP contribution in [0.1, 0.15) is 38.7 Å². The Morgan fingerprint density at radius 3 is 2.33 bits per heavy atom. The molecule has 2 atom stereocenters. The number of rotatable bonds is 3. The molecule has 0 fully saturated rings. The van der Waals surface area contributed by atoms with Crippen LogP contribution in [0.3, 0.4) is 0 Å². The first-order valence-electron chi connectivity index (χ1n) is 6.63. The van der Waals surface area contributed by atoms with Gasteiger partial charge in [0.25, 0.3) is 0 Å². The summed E-state index contributed by atoms with van der Waals surface area (Å²) in [7, 11) is 0. The first-order valence-corrected chi connectivity index (χ1v) is 6.63. The second kappa shape index (κ2) is 5.09. The first-order chi connectivity index (χ1) is 8.53. The average Bonchev–Trinajstić information content (AvgIpc) is 2.34. The molecule has 2 rings (SSSR count). The Kier molecular flexibility index (Phi) is 3.70. The summed E-state index contributed by atoms with van der Waals surface area (Å²) in [6.07, 6.45) is 6.13. The highest BCUT2D eigenvalue weighted by molar-refractivity contribution is 5.30. The van der Waals surface area contributed by atoms with E-state index in [0.717, 1.165) is 6.42 Å². The normalized spacial score (nSPS) is 25.1. The summed E-state index contributed by atoms with van der Waals surface area (Å²) >= 11 is 0. The van der Waals surface area contributed by atoms with E-state index in [1.807, 2.05) is 12.1 Å². The zero-order chi connectivity index (χ0) is 13.2. The van der Waals surface area contributed by atoms with Gasteiger partial charge in [0, 0.05) is 0 Å². The third-order valence-corrected chi connectivity index (χ3v) is 3.90. The Hall–Kier alpha value is -1.37. The molecule has 0 amide bonds. The summed E-state index contributed by atoms with van der Waals surface area (Å²) < 4.78 is 13.2. The minimum atomic E-state index is -0.108. The Labute approximate surface area is 109 Å². The van der Waals surface area contributed by atoms with Gasteiger partial charge in [-0.15, -0.1) is 0 Å². The lowest BCUT2D eigenvalue weighted by molar-refractivity contribution is 0.268. The van der Waals surface area contributed by atoms with Gasteiger partial charge in [0.05, 0.1) is 0 Å². The Balaban J connectivity index is 2.35. The van der Waals surface area contributed by atoms with Crippen LogP contribution >= 0.6 is 0 Å². The van der Waals surface area contributed by atoms with Crippen LogP contribution < -0.4 is 0 Å². The van der Waals surface area contributed by atoms with Gasteiger partial charge in [-0.3, -0.25) is 0 Å². The van der Waals surface area contributed by atoms with E-state index in [1.165, 1.54) is 5.56 Å². The van der Waals surface area contributed by atoms with Gasteiger partial charge in [0.1, 0.15) is 5.83 Å². The van der Waals surface area contributed by atoms with Crippen molar-refractivity contribution in [2.24, 2.45) is 11.3 Å². The lowest BCUT2D eigenvalue weighted by Crippen LogP contribution is -2.28. The molecule has 2 unspecified atom stereocenters. The van der Waals surface area contributed by atoms with Gasteiger partial charge in [0.15, 0.2) is 0 Å². The van der Waals surface area contributed by atoms with Gasteiger partial charge < -0.3 is 0 Å². The molecule has 0 aromatic heterocycles. The lowest BCUT2D eigenvalue weighted by Gasteiger charge is -2.39. The van der Waals surface area contributed by atoms with Crippen molar-refractivity contribution < 1.29 is 4.39 Å². The van der Waals surface area contributed by atoms with Crippen molar-refractivity contribution in [1.29, 1.82) is 0 Å². The highest BCUT2D eigenvalue weighted by atomic mass is 19.1. The summed E-state index contributed by atoms with van der Waals surface area (Å²) in [4.78, 5) is 0. The molecule has 0 saturated carbocycles. The zero-order valence-electron chi connectivity index (χ0n) is 11.4. The lowest BCUT2D eigenvalue weighted by atomic mass is 9.65. The SMILES string of the molecule is CC(C)C(c1ccccc1)C1(C)C=CC(F)=CC1. The standard InChI is InChI=1S/C17H21F/c1-13(2)16(14-7-5-4-6-8-14)17(3)11-9-15(18)10-12-17/h4-11,13,16H,12H2,1-3H3. The predicted molar refractivity (Wildman–Crippen MR) is 75.1 cm³/mol. The zero-order valence-corrected chi connectivity index (χ0v) is 11.4. The molecule has 96 valence electrons. The summed E-state index contributed by atoms with van der Waals surface area (Å²) in [5, 5.41) is 0. The fourth-order valence-corrected chi connectivity index (χ4v) is 3.14. The molecule has 18 heavy (non-hydrogen) atoms. The maximum atomic E-state index is 13.2. The highest BCUT2D eigenvalue weighted by Crippen LogP contribution is 2.46. The van der Waals surface area contributed by atoms with Crippen molar-refractivity contribution in [2.75, 3.05) is 0 Å². The second-order valence-electron chi connectivity index (χ2n) is 5.76. The van der Waals surface area contributed by atoms with Crippen molar-refractivity contribution in [1.82, 2.24) is 0 Å². The molecule has 0 heterocycles. The predicted octanol–water partition coefficient (Wildman–Crippen LogP) is 5.25. The van der Waals surface area contributed by atoms with Gasteiger partial charge >= 0.3 is 0 Å². The van der Waals surface area contributed by atoms with Crippen LogP contribution in [0.15, 0.2) is 54.4 Å². The van der Waals surface area contributed by atoms with Crippen LogP contribution in [0.4, 0.5) is 4.39 Å². The van der Waals surface area contributed by atoms with Crippen molar-refractivity contribution in [3.63, 3.8) is 0 Å². The van der Waals surface area contributed by atoms with Gasteiger partial charge in [-0.05, 0) is 41.4 Å². The van der Waals surface area contributed by atoms with E-state index >= 15 is 0 Å². The van der Waals surface area contributed by atoms with E-state index in [2.05, 4.69) is 45.0 Å². The van der Waals surface area contributed by atoms with Crippen LogP contribution in [-0.2, 0) is 0 Å². The second-order valence-corrected chi connectivity index (χ2v) is 5.76. The average molecular weight is 244 g/mol. The maximum absolute atomic E-state index is 13.2. The van der Waals surface area contributed by atoms with Crippen LogP contribution in [0, 0.1) is 11.3 Å². The molecule has 0 aliphatic heterocycles. The number of benzene rings is 1. The van der Waals surface area contributed by atoms with E-state index in [0.29, 0.717) is 11.8 Å². The molecule has 0 bridgehead atoms. The van der Waals surface area contributed by atoms with Crippen molar-refractivity contribution in [3.8, 4) is 0 Å². The van der Waals surface area contributed by atoms with Crippen LogP contribution in [-0.4, -0.2) is 0 Å². The molecule has 1 aromatic rings. The topological polar surface area (TPSA) is 0 Å². The largest absolute Gasteiger partial charge is 0.207 e. The van der Waals surface area contributed by atoms with Gasteiger partial charge in [-0.2, -0.15) is 0 Å². The molecule has 0 radical (unpaired) electrons. The van der Waals surface area contributed by atoms with Gasteiger partial charge in [-0.1, -0.05) is 57.2 Å². The number of halogens is 1. The summed E-state index contributed by atoms with van der Waals surface area (Å²) in [5.41, 5.74) is 1.35. The number of allylic oxidation sites excluding steroid dienone is 4. The molecule has 0 N–H and O–H groups in total. The Morgan fingerprint density at radius 2 is 1.83 bits per heavy atom. The molecule has 0 saturated heterocycles. The Bertz CT molecular complexity index is 456. The van der Waals surface area contributed by atoms with E-state index in [9.17, 15) is 4.39 Å². The molecule has 1 aliphatic carbocycles. The number of hydrogen-bond donors (Lipinski definition) is 0. The quantitative estimate of drug-likeness (QED) is 0.681. The summed E-state index contributed by atoms with van der Waals surface area (Å²) in [5.74, 6) is 0.832. The van der Waals surface area contributed by atoms with E-state index in [1.54, 1.807) is 12.2 Å². The van der Waals surface area contributed by atoms with Crippen LogP contribution in [0.5, 0.6) is 0 Å². The molecule has 1 aromatic carbocycles. The van der Waals surface area contributed by atoms with E-state index in [-0.39, 0.29) is 11.2 Å². The molecular weight excluding hydrogens is 223 g/mol. The van der Waals surface area contributed by atoms with Crippen molar-refractivity contribution >= 4 is 0 Å². The van der Waals surface area contributed by atoms with Crippen molar-refractivity contribution in [2.45, 2.75) is 33.1 Å². The number of hydrogen-bond acceptors (Lipinski definition) is 0. The minimum absolute atomic E-state index is 0.00507. The van der Waals surface area contributed by atoms with E-state index in [4.69, 9.17) is 0 Å². The van der Waals surface area contributed by atoms with Gasteiger partial charge in [0.2, 0.25) is 0 Å². The van der Waals surface area contributed by atoms with Crippen molar-refractivity contribution in [3.05, 3.63) is 60.0 Å². The maximum Gasteiger partial charge on any atom is 0.118 e. The first kappa shape index (κ1) is 13.1. The van der Waals surface area contributed by atoms with Gasteiger partial charge in [-0.25, -0.2) is 4.39 Å². The minimum Gasteiger partial charge on any atom is -0.207 e. The molecular formula is C17H21F. The van der Waals surface area contributed by atoms with E-state index < -0.39 is 0 Å². The van der Waals surface area contributed by atoms with Crippen LogP contribution in [0.25, 0.3) is 0 Å². The monoisotopic (exact) mass is 244 g/mol. The summed E-state index contributed by atoms with van der Waals surface area (Å²) in [6, 6.07) is 10.6. The Morgan fingerprint density at radius 1 is 1.17 bits per heavy atom.